The Hall–Kier alpha value is -0.120. The summed E-state index contributed by atoms with van der Waals surface area (Å²) < 4.78 is 5.30. The fourth-order valence-electron chi connectivity index (χ4n) is 4.11. The number of nitrogens with one attached hydrogen (secondary N) is 1. The van der Waals surface area contributed by atoms with E-state index in [1.165, 1.54) is 64.6 Å². The van der Waals surface area contributed by atoms with Crippen LogP contribution in [0.25, 0.3) is 0 Å². The van der Waals surface area contributed by atoms with Crippen LogP contribution in [-0.4, -0.2) is 49.8 Å². The number of piperazine rings is 1. The summed E-state index contributed by atoms with van der Waals surface area (Å²) in [5.74, 6) is 0. The van der Waals surface area contributed by atoms with Gasteiger partial charge in [0.2, 0.25) is 0 Å². The van der Waals surface area contributed by atoms with Crippen LogP contribution in [0.2, 0.25) is 0 Å². The van der Waals surface area contributed by atoms with Crippen molar-refractivity contribution in [1.82, 2.24) is 10.2 Å². The van der Waals surface area contributed by atoms with Crippen molar-refractivity contribution >= 4 is 0 Å². The third kappa shape index (κ3) is 2.98. The maximum atomic E-state index is 5.30. The Labute approximate surface area is 118 Å². The van der Waals surface area contributed by atoms with E-state index in [9.17, 15) is 0 Å². The van der Waals surface area contributed by atoms with Gasteiger partial charge in [-0.25, -0.2) is 0 Å². The number of hydrogen-bond acceptors (Lipinski definition) is 3. The lowest BCUT2D eigenvalue weighted by Crippen LogP contribution is -2.63. The predicted molar refractivity (Wildman–Crippen MR) is 78.4 cm³/mol. The van der Waals surface area contributed by atoms with E-state index in [1.54, 1.807) is 0 Å². The molecule has 0 aromatic carbocycles. The molecule has 3 aliphatic rings. The van der Waals surface area contributed by atoms with Crippen LogP contribution in [-0.2, 0) is 4.74 Å². The van der Waals surface area contributed by atoms with E-state index in [2.05, 4.69) is 17.1 Å². The van der Waals surface area contributed by atoms with Crippen molar-refractivity contribution in [2.45, 2.75) is 63.5 Å². The molecule has 1 atom stereocenters. The highest BCUT2D eigenvalue weighted by molar-refractivity contribution is 5.03. The third-order valence-electron chi connectivity index (χ3n) is 5.79. The molecule has 0 amide bonds. The van der Waals surface area contributed by atoms with Gasteiger partial charge in [0, 0.05) is 44.9 Å². The highest BCUT2D eigenvalue weighted by Crippen LogP contribution is 2.50. The maximum Gasteiger partial charge on any atom is 0.0468 e. The zero-order valence-electron chi connectivity index (χ0n) is 12.7. The molecule has 2 aliphatic carbocycles. The van der Waals surface area contributed by atoms with E-state index in [0.717, 1.165) is 6.61 Å². The van der Waals surface area contributed by atoms with Crippen LogP contribution in [0, 0.1) is 5.41 Å². The molecule has 1 unspecified atom stereocenters. The standard InChI is InChI=1S/C16H30N2O/c1-14-11-17-16(5-3-4-6-16)13-18(14)12-15(7-8-15)9-10-19-2/h14,17H,3-13H2,1-2H3. The molecule has 1 N–H and O–H groups in total. The van der Waals surface area contributed by atoms with Crippen LogP contribution in [0.3, 0.4) is 0 Å². The quantitative estimate of drug-likeness (QED) is 0.827. The fourth-order valence-corrected chi connectivity index (χ4v) is 4.11. The van der Waals surface area contributed by atoms with Gasteiger partial charge in [-0.3, -0.25) is 4.90 Å². The van der Waals surface area contributed by atoms with Crippen molar-refractivity contribution in [2.24, 2.45) is 5.41 Å². The first-order valence-electron chi connectivity index (χ1n) is 8.15. The minimum absolute atomic E-state index is 0.462. The SMILES string of the molecule is COCCC1(CN2CC3(CCCC3)NCC2C)CC1. The van der Waals surface area contributed by atoms with Crippen molar-refractivity contribution < 1.29 is 4.74 Å². The molecule has 1 spiro atoms. The van der Waals surface area contributed by atoms with E-state index in [0.29, 0.717) is 17.0 Å². The average molecular weight is 266 g/mol. The molecule has 0 aromatic heterocycles. The Bertz CT molecular complexity index is 308. The zero-order chi connectivity index (χ0) is 13.3. The molecule has 1 heterocycles. The summed E-state index contributed by atoms with van der Waals surface area (Å²) in [5, 5.41) is 3.86. The zero-order valence-corrected chi connectivity index (χ0v) is 12.7. The summed E-state index contributed by atoms with van der Waals surface area (Å²) in [6.07, 6.45) is 9.71. The molecular formula is C16H30N2O. The molecule has 1 saturated heterocycles. The molecule has 3 heteroatoms. The first-order valence-corrected chi connectivity index (χ1v) is 8.15. The fraction of sp³-hybridized carbons (Fsp3) is 1.00. The van der Waals surface area contributed by atoms with Gasteiger partial charge in [-0.2, -0.15) is 0 Å². The predicted octanol–water partition coefficient (Wildman–Crippen LogP) is 2.41. The second-order valence-corrected chi connectivity index (χ2v) is 7.37. The lowest BCUT2D eigenvalue weighted by atomic mass is 9.91. The molecule has 110 valence electrons. The number of rotatable bonds is 5. The highest BCUT2D eigenvalue weighted by Gasteiger charge is 2.47. The highest BCUT2D eigenvalue weighted by atomic mass is 16.5. The van der Waals surface area contributed by atoms with Crippen LogP contribution >= 0.6 is 0 Å². The molecule has 3 fully saturated rings. The minimum Gasteiger partial charge on any atom is -0.385 e. The van der Waals surface area contributed by atoms with Crippen molar-refractivity contribution in [3.63, 3.8) is 0 Å². The van der Waals surface area contributed by atoms with Gasteiger partial charge in [-0.1, -0.05) is 12.8 Å². The van der Waals surface area contributed by atoms with Gasteiger partial charge in [0.05, 0.1) is 0 Å². The Morgan fingerprint density at radius 3 is 2.58 bits per heavy atom. The Morgan fingerprint density at radius 2 is 1.95 bits per heavy atom. The van der Waals surface area contributed by atoms with Gasteiger partial charge in [0.1, 0.15) is 0 Å². The van der Waals surface area contributed by atoms with E-state index in [-0.39, 0.29) is 0 Å². The summed E-state index contributed by atoms with van der Waals surface area (Å²) in [6.45, 7) is 7.09. The van der Waals surface area contributed by atoms with E-state index < -0.39 is 0 Å². The summed E-state index contributed by atoms with van der Waals surface area (Å²) in [6, 6.07) is 0.700. The lowest BCUT2D eigenvalue weighted by molar-refractivity contribution is 0.0612. The number of ether oxygens (including phenoxy) is 1. The van der Waals surface area contributed by atoms with E-state index in [4.69, 9.17) is 4.74 Å². The molecular weight excluding hydrogens is 236 g/mol. The number of methoxy groups -OCH3 is 1. The normalized spacial score (nSPS) is 32.8. The van der Waals surface area contributed by atoms with Gasteiger partial charge >= 0.3 is 0 Å². The Morgan fingerprint density at radius 1 is 1.21 bits per heavy atom. The van der Waals surface area contributed by atoms with Crippen molar-refractivity contribution in [3.05, 3.63) is 0 Å². The first-order chi connectivity index (χ1) is 9.17. The van der Waals surface area contributed by atoms with Crippen LogP contribution in [0.5, 0.6) is 0 Å². The van der Waals surface area contributed by atoms with Crippen LogP contribution in [0.15, 0.2) is 0 Å². The number of nitrogens with zero attached hydrogens (tertiary/aromatic N) is 1. The van der Waals surface area contributed by atoms with Crippen LogP contribution < -0.4 is 5.32 Å². The van der Waals surface area contributed by atoms with Crippen molar-refractivity contribution in [2.75, 3.05) is 33.4 Å². The van der Waals surface area contributed by atoms with E-state index >= 15 is 0 Å². The second-order valence-electron chi connectivity index (χ2n) is 7.37. The Balaban J connectivity index is 1.59. The molecule has 3 rings (SSSR count). The molecule has 1 aliphatic heterocycles. The van der Waals surface area contributed by atoms with Crippen molar-refractivity contribution in [3.8, 4) is 0 Å². The van der Waals surface area contributed by atoms with Crippen LogP contribution in [0.1, 0.15) is 51.9 Å². The second kappa shape index (κ2) is 5.34. The largest absolute Gasteiger partial charge is 0.385 e. The van der Waals surface area contributed by atoms with Gasteiger partial charge in [0.15, 0.2) is 0 Å². The van der Waals surface area contributed by atoms with Gasteiger partial charge < -0.3 is 10.1 Å². The van der Waals surface area contributed by atoms with Crippen LogP contribution in [0.4, 0.5) is 0 Å². The van der Waals surface area contributed by atoms with E-state index in [1.807, 2.05) is 7.11 Å². The monoisotopic (exact) mass is 266 g/mol. The summed E-state index contributed by atoms with van der Waals surface area (Å²) >= 11 is 0. The minimum atomic E-state index is 0.462. The average Bonchev–Trinajstić information content (AvgIpc) is 3.03. The topological polar surface area (TPSA) is 24.5 Å². The molecule has 19 heavy (non-hydrogen) atoms. The molecule has 3 nitrogen and oxygen atoms in total. The molecule has 0 radical (unpaired) electrons. The summed E-state index contributed by atoms with van der Waals surface area (Å²) in [5.41, 5.74) is 1.06. The molecule has 0 aromatic rings. The van der Waals surface area contributed by atoms with Gasteiger partial charge in [-0.15, -0.1) is 0 Å². The van der Waals surface area contributed by atoms with Gasteiger partial charge in [0.25, 0.3) is 0 Å². The Kier molecular flexibility index (Phi) is 3.89. The molecule has 0 bridgehead atoms. The number of hydrogen-bond donors (Lipinski definition) is 1. The smallest absolute Gasteiger partial charge is 0.0468 e. The lowest BCUT2D eigenvalue weighted by Gasteiger charge is -2.46. The molecule has 2 saturated carbocycles. The first kappa shape index (κ1) is 13.8. The maximum absolute atomic E-state index is 5.30. The van der Waals surface area contributed by atoms with Gasteiger partial charge in [-0.05, 0) is 44.4 Å². The summed E-state index contributed by atoms with van der Waals surface area (Å²) in [4.78, 5) is 2.78. The van der Waals surface area contributed by atoms with Crippen molar-refractivity contribution in [1.29, 1.82) is 0 Å². The third-order valence-corrected chi connectivity index (χ3v) is 5.79. The summed E-state index contributed by atoms with van der Waals surface area (Å²) in [7, 11) is 1.83.